The van der Waals surface area contributed by atoms with Crippen LogP contribution in [0.2, 0.25) is 0 Å². The Balaban J connectivity index is 1.64. The molecule has 2 fully saturated rings. The molecule has 23 heavy (non-hydrogen) atoms. The maximum atomic E-state index is 12.8. The fourth-order valence-electron chi connectivity index (χ4n) is 3.16. The standard InChI is InChI=1S/C17H23N3O2S/c21-16(19-9-5-12-23-13-11-19)15-8-4-10-20(15)17(22)18-14-6-2-1-3-7-14/h1-3,6-7,15H,4-5,8-13H2,(H,18,22)/t15-/m0/s1. The van der Waals surface area contributed by atoms with Gasteiger partial charge in [-0.15, -0.1) is 0 Å². The van der Waals surface area contributed by atoms with Crippen LogP contribution >= 0.6 is 11.8 Å². The van der Waals surface area contributed by atoms with E-state index < -0.39 is 0 Å². The van der Waals surface area contributed by atoms with Gasteiger partial charge in [-0.25, -0.2) is 4.79 Å². The largest absolute Gasteiger partial charge is 0.340 e. The van der Waals surface area contributed by atoms with E-state index in [0.29, 0.717) is 6.54 Å². The average Bonchev–Trinajstić information content (AvgIpc) is 2.90. The van der Waals surface area contributed by atoms with E-state index in [2.05, 4.69) is 5.32 Å². The zero-order valence-corrected chi connectivity index (χ0v) is 14.1. The molecule has 0 bridgehead atoms. The molecule has 5 nitrogen and oxygen atoms in total. The first-order chi connectivity index (χ1) is 11.3. The first-order valence-corrected chi connectivity index (χ1v) is 9.40. The van der Waals surface area contributed by atoms with Gasteiger partial charge in [0, 0.05) is 31.1 Å². The Morgan fingerprint density at radius 2 is 1.87 bits per heavy atom. The lowest BCUT2D eigenvalue weighted by molar-refractivity contribution is -0.134. The van der Waals surface area contributed by atoms with Crippen LogP contribution in [0.5, 0.6) is 0 Å². The quantitative estimate of drug-likeness (QED) is 0.905. The Morgan fingerprint density at radius 3 is 2.70 bits per heavy atom. The monoisotopic (exact) mass is 333 g/mol. The number of thioether (sulfide) groups is 1. The van der Waals surface area contributed by atoms with Crippen molar-refractivity contribution in [2.24, 2.45) is 0 Å². The molecule has 2 aliphatic rings. The van der Waals surface area contributed by atoms with Gasteiger partial charge in [-0.3, -0.25) is 4.79 Å². The van der Waals surface area contributed by atoms with Crippen molar-refractivity contribution in [3.63, 3.8) is 0 Å². The Hall–Kier alpha value is -1.69. The van der Waals surface area contributed by atoms with E-state index in [4.69, 9.17) is 0 Å². The lowest BCUT2D eigenvalue weighted by atomic mass is 10.2. The number of benzene rings is 1. The van der Waals surface area contributed by atoms with Gasteiger partial charge in [-0.05, 0) is 37.1 Å². The topological polar surface area (TPSA) is 52.7 Å². The Labute approximate surface area is 141 Å². The van der Waals surface area contributed by atoms with Crippen molar-refractivity contribution in [3.8, 4) is 0 Å². The number of carbonyl (C=O) groups excluding carboxylic acids is 2. The number of hydrogen-bond donors (Lipinski definition) is 1. The molecule has 3 amide bonds. The second kappa shape index (κ2) is 7.73. The van der Waals surface area contributed by atoms with Gasteiger partial charge in [0.25, 0.3) is 0 Å². The summed E-state index contributed by atoms with van der Waals surface area (Å²) in [5, 5.41) is 2.90. The van der Waals surface area contributed by atoms with Gasteiger partial charge in [0.05, 0.1) is 0 Å². The Kier molecular flexibility index (Phi) is 5.43. The number of rotatable bonds is 2. The third-order valence-corrected chi connectivity index (χ3v) is 5.41. The maximum absolute atomic E-state index is 12.8. The van der Waals surface area contributed by atoms with Gasteiger partial charge in [0.1, 0.15) is 6.04 Å². The van der Waals surface area contributed by atoms with Crippen molar-refractivity contribution in [1.29, 1.82) is 0 Å². The highest BCUT2D eigenvalue weighted by Gasteiger charge is 2.36. The Bertz CT molecular complexity index is 544. The van der Waals surface area contributed by atoms with Crippen LogP contribution in [0, 0.1) is 0 Å². The molecule has 2 aliphatic heterocycles. The lowest BCUT2D eigenvalue weighted by Gasteiger charge is -2.29. The Morgan fingerprint density at radius 1 is 1.04 bits per heavy atom. The van der Waals surface area contributed by atoms with Crippen LogP contribution in [0.3, 0.4) is 0 Å². The van der Waals surface area contributed by atoms with E-state index in [1.807, 2.05) is 47.0 Å². The van der Waals surface area contributed by atoms with Crippen molar-refractivity contribution in [3.05, 3.63) is 30.3 Å². The molecule has 1 N–H and O–H groups in total. The van der Waals surface area contributed by atoms with Crippen LogP contribution in [-0.2, 0) is 4.79 Å². The molecule has 6 heteroatoms. The van der Waals surface area contributed by atoms with Crippen LogP contribution in [0.1, 0.15) is 19.3 Å². The molecule has 2 saturated heterocycles. The molecule has 0 saturated carbocycles. The van der Waals surface area contributed by atoms with Crippen molar-refractivity contribution < 1.29 is 9.59 Å². The lowest BCUT2D eigenvalue weighted by Crippen LogP contribution is -2.49. The molecular weight excluding hydrogens is 310 g/mol. The average molecular weight is 333 g/mol. The van der Waals surface area contributed by atoms with Gasteiger partial charge in [0.2, 0.25) is 5.91 Å². The summed E-state index contributed by atoms with van der Waals surface area (Å²) < 4.78 is 0. The molecule has 0 aromatic heterocycles. The zero-order valence-electron chi connectivity index (χ0n) is 13.2. The van der Waals surface area contributed by atoms with Crippen LogP contribution in [-0.4, -0.2) is 58.9 Å². The van der Waals surface area contributed by atoms with Crippen LogP contribution in [0.25, 0.3) is 0 Å². The third kappa shape index (κ3) is 3.99. The predicted octanol–water partition coefficient (Wildman–Crippen LogP) is 2.65. The summed E-state index contributed by atoms with van der Waals surface area (Å²) >= 11 is 1.90. The minimum absolute atomic E-state index is 0.119. The number of nitrogens with zero attached hydrogens (tertiary/aromatic N) is 2. The van der Waals surface area contributed by atoms with E-state index in [-0.39, 0.29) is 18.0 Å². The second-order valence-electron chi connectivity index (χ2n) is 5.94. The summed E-state index contributed by atoms with van der Waals surface area (Å²) in [5.41, 5.74) is 0.766. The van der Waals surface area contributed by atoms with E-state index in [1.54, 1.807) is 4.90 Å². The molecule has 1 aromatic carbocycles. The van der Waals surface area contributed by atoms with E-state index in [1.165, 1.54) is 0 Å². The summed E-state index contributed by atoms with van der Waals surface area (Å²) in [6.45, 7) is 2.27. The molecule has 1 atom stereocenters. The number of likely N-dealkylation sites (tertiary alicyclic amines) is 1. The number of carbonyl (C=O) groups is 2. The van der Waals surface area contributed by atoms with Crippen molar-refractivity contribution in [2.45, 2.75) is 25.3 Å². The zero-order chi connectivity index (χ0) is 16.1. The number of urea groups is 1. The van der Waals surface area contributed by atoms with E-state index in [0.717, 1.165) is 49.5 Å². The number of amides is 3. The SMILES string of the molecule is O=C([C@@H]1CCCN1C(=O)Nc1ccccc1)N1CCCSCC1. The summed E-state index contributed by atoms with van der Waals surface area (Å²) in [5.74, 6) is 2.23. The molecular formula is C17H23N3O2S. The first-order valence-electron chi connectivity index (χ1n) is 8.25. The minimum atomic E-state index is -0.304. The van der Waals surface area contributed by atoms with Crippen LogP contribution in [0.15, 0.2) is 30.3 Å². The van der Waals surface area contributed by atoms with Gasteiger partial charge >= 0.3 is 6.03 Å². The fourth-order valence-corrected chi connectivity index (χ4v) is 4.05. The molecule has 0 aliphatic carbocycles. The number of para-hydroxylation sites is 1. The molecule has 0 radical (unpaired) electrons. The highest BCUT2D eigenvalue weighted by molar-refractivity contribution is 7.99. The van der Waals surface area contributed by atoms with Crippen LogP contribution in [0.4, 0.5) is 10.5 Å². The second-order valence-corrected chi connectivity index (χ2v) is 7.16. The molecule has 0 unspecified atom stereocenters. The van der Waals surface area contributed by atoms with Gasteiger partial charge < -0.3 is 15.1 Å². The van der Waals surface area contributed by atoms with Crippen molar-refractivity contribution in [2.75, 3.05) is 36.5 Å². The molecule has 2 heterocycles. The fraction of sp³-hybridized carbons (Fsp3) is 0.529. The summed E-state index contributed by atoms with van der Waals surface area (Å²) in [6.07, 6.45) is 2.70. The van der Waals surface area contributed by atoms with Gasteiger partial charge in [-0.1, -0.05) is 18.2 Å². The number of nitrogens with one attached hydrogen (secondary N) is 1. The van der Waals surface area contributed by atoms with Crippen molar-refractivity contribution >= 4 is 29.4 Å². The summed E-state index contributed by atoms with van der Waals surface area (Å²) in [4.78, 5) is 29.0. The summed E-state index contributed by atoms with van der Waals surface area (Å²) in [6, 6.07) is 8.93. The first kappa shape index (κ1) is 16.2. The minimum Gasteiger partial charge on any atom is -0.340 e. The number of hydrogen-bond acceptors (Lipinski definition) is 3. The predicted molar refractivity (Wildman–Crippen MR) is 93.7 cm³/mol. The smallest absolute Gasteiger partial charge is 0.322 e. The maximum Gasteiger partial charge on any atom is 0.322 e. The van der Waals surface area contributed by atoms with E-state index in [9.17, 15) is 9.59 Å². The van der Waals surface area contributed by atoms with E-state index >= 15 is 0 Å². The highest BCUT2D eigenvalue weighted by atomic mass is 32.2. The van der Waals surface area contributed by atoms with Crippen molar-refractivity contribution in [1.82, 2.24) is 9.80 Å². The number of anilines is 1. The molecule has 3 rings (SSSR count). The highest BCUT2D eigenvalue weighted by Crippen LogP contribution is 2.22. The third-order valence-electron chi connectivity index (χ3n) is 4.36. The van der Waals surface area contributed by atoms with Gasteiger partial charge in [-0.2, -0.15) is 11.8 Å². The summed E-state index contributed by atoms with van der Waals surface area (Å²) in [7, 11) is 0. The van der Waals surface area contributed by atoms with Gasteiger partial charge in [0.15, 0.2) is 0 Å². The van der Waals surface area contributed by atoms with Crippen LogP contribution < -0.4 is 5.32 Å². The molecule has 124 valence electrons. The molecule has 0 spiro atoms. The molecule has 1 aromatic rings. The normalized spacial score (nSPS) is 21.8.